The second-order valence-corrected chi connectivity index (χ2v) is 8.91. The monoisotopic (exact) mass is 466 g/mol. The highest BCUT2D eigenvalue weighted by molar-refractivity contribution is 7.85. The lowest BCUT2D eigenvalue weighted by molar-refractivity contribution is 0.483. The fraction of sp³-hybridized carbons (Fsp3) is 0.182. The Balaban J connectivity index is 0.000000297. The van der Waals surface area contributed by atoms with E-state index in [1.165, 1.54) is 17.7 Å². The minimum Gasteiger partial charge on any atom is -0.398 e. The highest BCUT2D eigenvalue weighted by Crippen LogP contribution is 2.22. The largest absolute Gasteiger partial charge is 0.398 e. The smallest absolute Gasteiger partial charge is 0.294 e. The van der Waals surface area contributed by atoms with Gasteiger partial charge < -0.3 is 10.6 Å². The number of benzene rings is 3. The Bertz CT molecular complexity index is 1110. The van der Waals surface area contributed by atoms with Gasteiger partial charge in [-0.15, -0.1) is 0 Å². The highest BCUT2D eigenvalue weighted by atomic mass is 35.5. The molecule has 0 heterocycles. The third-order valence-electron chi connectivity index (χ3n) is 4.28. The Morgan fingerprint density at radius 1 is 1.00 bits per heavy atom. The van der Waals surface area contributed by atoms with Crippen LogP contribution in [0.4, 0.5) is 11.4 Å². The molecule has 3 N–H and O–H groups in total. The van der Waals surface area contributed by atoms with Gasteiger partial charge >= 0.3 is 0 Å². The molecule has 0 saturated heterocycles. The van der Waals surface area contributed by atoms with E-state index < -0.39 is 10.1 Å². The first-order chi connectivity index (χ1) is 14.1. The number of hydrogen-bond donors (Lipinski definition) is 2. The van der Waals surface area contributed by atoms with Crippen molar-refractivity contribution in [2.75, 3.05) is 17.2 Å². The maximum atomic E-state index is 11.2. The molecule has 0 aromatic heterocycles. The Hall–Kier alpha value is -2.25. The van der Waals surface area contributed by atoms with E-state index in [9.17, 15) is 8.42 Å². The fourth-order valence-electron chi connectivity index (χ4n) is 2.74. The first kappa shape index (κ1) is 24.0. The summed E-state index contributed by atoms with van der Waals surface area (Å²) in [4.78, 5) is 2.08. The van der Waals surface area contributed by atoms with Gasteiger partial charge in [0.1, 0.15) is 0 Å². The van der Waals surface area contributed by atoms with E-state index >= 15 is 0 Å². The van der Waals surface area contributed by atoms with Crippen LogP contribution >= 0.6 is 23.2 Å². The Morgan fingerprint density at radius 3 is 2.27 bits per heavy atom. The molecule has 3 aromatic carbocycles. The van der Waals surface area contributed by atoms with Crippen LogP contribution in [0.3, 0.4) is 0 Å². The van der Waals surface area contributed by atoms with E-state index in [2.05, 4.69) is 17.9 Å². The summed E-state index contributed by atoms with van der Waals surface area (Å²) in [5, 5.41) is 1.11. The van der Waals surface area contributed by atoms with E-state index in [0.29, 0.717) is 22.3 Å². The van der Waals surface area contributed by atoms with Gasteiger partial charge in [-0.1, -0.05) is 47.5 Å². The maximum absolute atomic E-state index is 11.2. The molecule has 0 spiro atoms. The first-order valence-corrected chi connectivity index (χ1v) is 11.4. The predicted octanol–water partition coefficient (Wildman–Crippen LogP) is 5.84. The molecule has 0 fully saturated rings. The molecule has 0 aliphatic heterocycles. The number of halogens is 2. The number of rotatable bonds is 5. The van der Waals surface area contributed by atoms with Crippen molar-refractivity contribution in [1.29, 1.82) is 0 Å². The molecular formula is C22H24Cl2N2O3S. The summed E-state index contributed by atoms with van der Waals surface area (Å²) < 4.78 is 31.5. The van der Waals surface area contributed by atoms with Crippen molar-refractivity contribution in [3.05, 3.63) is 87.9 Å². The standard InChI is InChI=1S/C16H19NO3S.C6H5Cl2N/c1-3-17(15-8-4-6-13(2)10-15)12-14-7-5-9-16(11-14)21(18,19)20;7-4-1-2-6(9)5(8)3-4/h4-11H,3,12H2,1-2H3,(H,18,19,20);1-3H,9H2. The number of nitrogens with zero attached hydrogens (tertiary/aromatic N) is 1. The summed E-state index contributed by atoms with van der Waals surface area (Å²) in [6, 6.07) is 19.5. The van der Waals surface area contributed by atoms with Gasteiger partial charge in [-0.25, -0.2) is 0 Å². The van der Waals surface area contributed by atoms with Gasteiger partial charge in [-0.2, -0.15) is 8.42 Å². The van der Waals surface area contributed by atoms with E-state index in [-0.39, 0.29) is 4.90 Å². The summed E-state index contributed by atoms with van der Waals surface area (Å²) >= 11 is 11.2. The van der Waals surface area contributed by atoms with Crippen LogP contribution in [0.15, 0.2) is 71.6 Å². The van der Waals surface area contributed by atoms with Gasteiger partial charge in [-0.3, -0.25) is 4.55 Å². The van der Waals surface area contributed by atoms with Crippen molar-refractivity contribution in [1.82, 2.24) is 0 Å². The van der Waals surface area contributed by atoms with Gasteiger partial charge in [0.2, 0.25) is 0 Å². The second-order valence-electron chi connectivity index (χ2n) is 6.64. The summed E-state index contributed by atoms with van der Waals surface area (Å²) in [5.41, 5.74) is 9.07. The molecule has 0 atom stereocenters. The molecule has 30 heavy (non-hydrogen) atoms. The van der Waals surface area contributed by atoms with Crippen LogP contribution < -0.4 is 10.6 Å². The molecule has 0 aliphatic rings. The molecule has 8 heteroatoms. The highest BCUT2D eigenvalue weighted by Gasteiger charge is 2.11. The lowest BCUT2D eigenvalue weighted by Gasteiger charge is -2.23. The van der Waals surface area contributed by atoms with E-state index in [0.717, 1.165) is 17.8 Å². The Morgan fingerprint density at radius 2 is 1.70 bits per heavy atom. The zero-order chi connectivity index (χ0) is 22.3. The van der Waals surface area contributed by atoms with Crippen molar-refractivity contribution in [2.45, 2.75) is 25.3 Å². The van der Waals surface area contributed by atoms with Crippen LogP contribution in [0.2, 0.25) is 10.0 Å². The van der Waals surface area contributed by atoms with Gasteiger partial charge in [-0.05, 0) is 67.4 Å². The van der Waals surface area contributed by atoms with Crippen LogP contribution in [-0.2, 0) is 16.7 Å². The van der Waals surface area contributed by atoms with Crippen LogP contribution in [0, 0.1) is 6.92 Å². The van der Waals surface area contributed by atoms with Crippen molar-refractivity contribution in [2.24, 2.45) is 0 Å². The van der Waals surface area contributed by atoms with E-state index in [1.807, 2.05) is 31.2 Å². The van der Waals surface area contributed by atoms with Gasteiger partial charge in [0.25, 0.3) is 10.1 Å². The van der Waals surface area contributed by atoms with Crippen molar-refractivity contribution in [3.8, 4) is 0 Å². The van der Waals surface area contributed by atoms with Crippen molar-refractivity contribution in [3.63, 3.8) is 0 Å². The summed E-state index contributed by atoms with van der Waals surface area (Å²) in [6.07, 6.45) is 0. The Kier molecular flexibility index (Phi) is 8.55. The van der Waals surface area contributed by atoms with Crippen molar-refractivity contribution >= 4 is 44.7 Å². The quantitative estimate of drug-likeness (QED) is 0.364. The number of nitrogen functional groups attached to an aromatic ring is 1. The molecule has 0 saturated carbocycles. The molecular weight excluding hydrogens is 443 g/mol. The molecule has 0 amide bonds. The summed E-state index contributed by atoms with van der Waals surface area (Å²) in [5.74, 6) is 0. The third kappa shape index (κ3) is 7.22. The topological polar surface area (TPSA) is 83.6 Å². The van der Waals surface area contributed by atoms with Crippen LogP contribution in [-0.4, -0.2) is 19.5 Å². The van der Waals surface area contributed by atoms with Crippen LogP contribution in [0.1, 0.15) is 18.1 Å². The molecule has 0 bridgehead atoms. The van der Waals surface area contributed by atoms with Gasteiger partial charge in [0, 0.05) is 23.8 Å². The Labute approximate surface area is 187 Å². The number of aryl methyl sites for hydroxylation is 1. The minimum absolute atomic E-state index is 0.0692. The number of hydrogen-bond acceptors (Lipinski definition) is 4. The first-order valence-electron chi connectivity index (χ1n) is 9.18. The SMILES string of the molecule is CCN(Cc1cccc(S(=O)(=O)O)c1)c1cccc(C)c1.Nc1ccc(Cl)cc1Cl. The predicted molar refractivity (Wildman–Crippen MR) is 125 cm³/mol. The molecule has 3 aromatic rings. The zero-order valence-corrected chi connectivity index (χ0v) is 19.0. The van der Waals surface area contributed by atoms with Crippen LogP contribution in [0.5, 0.6) is 0 Å². The molecule has 160 valence electrons. The lowest BCUT2D eigenvalue weighted by Crippen LogP contribution is -2.22. The number of nitrogens with two attached hydrogens (primary N) is 1. The van der Waals surface area contributed by atoms with E-state index in [4.69, 9.17) is 33.5 Å². The average Bonchev–Trinajstić information content (AvgIpc) is 2.69. The molecule has 5 nitrogen and oxygen atoms in total. The molecule has 0 radical (unpaired) electrons. The minimum atomic E-state index is -4.16. The lowest BCUT2D eigenvalue weighted by atomic mass is 10.1. The average molecular weight is 467 g/mol. The fourth-order valence-corrected chi connectivity index (χ4v) is 3.70. The summed E-state index contributed by atoms with van der Waals surface area (Å²) in [6.45, 7) is 5.48. The number of anilines is 2. The third-order valence-corrected chi connectivity index (χ3v) is 5.69. The van der Waals surface area contributed by atoms with Gasteiger partial charge in [0.15, 0.2) is 0 Å². The second kappa shape index (κ2) is 10.7. The molecule has 0 aliphatic carbocycles. The normalized spacial score (nSPS) is 10.8. The van der Waals surface area contributed by atoms with Gasteiger partial charge in [0.05, 0.1) is 15.6 Å². The summed E-state index contributed by atoms with van der Waals surface area (Å²) in [7, 11) is -4.16. The maximum Gasteiger partial charge on any atom is 0.294 e. The zero-order valence-electron chi connectivity index (χ0n) is 16.7. The van der Waals surface area contributed by atoms with Crippen molar-refractivity contribution < 1.29 is 13.0 Å². The van der Waals surface area contributed by atoms with E-state index in [1.54, 1.807) is 24.3 Å². The molecule has 3 rings (SSSR count). The van der Waals surface area contributed by atoms with Crippen LogP contribution in [0.25, 0.3) is 0 Å². The molecule has 0 unspecified atom stereocenters.